The number of nitriles is 1. The summed E-state index contributed by atoms with van der Waals surface area (Å²) >= 11 is 0. The molecule has 0 saturated carbocycles. The van der Waals surface area contributed by atoms with E-state index in [0.717, 1.165) is 12.8 Å². The van der Waals surface area contributed by atoms with Crippen molar-refractivity contribution in [3.05, 3.63) is 84.5 Å². The van der Waals surface area contributed by atoms with Gasteiger partial charge in [-0.3, -0.25) is 0 Å². The summed E-state index contributed by atoms with van der Waals surface area (Å²) in [7, 11) is 0. The van der Waals surface area contributed by atoms with Crippen molar-refractivity contribution in [3.63, 3.8) is 0 Å². The second kappa shape index (κ2) is 13.1. The second-order valence-corrected chi connectivity index (χ2v) is 9.32. The molecular formula is C31H39N. The molecule has 3 rings (SSSR count). The van der Waals surface area contributed by atoms with Crippen LogP contribution in [0.5, 0.6) is 0 Å². The van der Waals surface area contributed by atoms with Gasteiger partial charge in [-0.15, -0.1) is 0 Å². The van der Waals surface area contributed by atoms with Gasteiger partial charge in [0.05, 0.1) is 11.5 Å². The van der Waals surface area contributed by atoms with Crippen LogP contribution in [0.3, 0.4) is 0 Å². The third-order valence-electron chi connectivity index (χ3n) is 6.76. The third-order valence-corrected chi connectivity index (χ3v) is 6.76. The number of allylic oxidation sites excluding steroid dienone is 4. The predicted molar refractivity (Wildman–Crippen MR) is 137 cm³/mol. The number of rotatable bonds is 13. The van der Waals surface area contributed by atoms with Crippen molar-refractivity contribution in [3.8, 4) is 17.2 Å². The SMILES string of the molecule is CCCCCCCCCCCCC1(C#N)C=CC(c2ccc(-c3ccccc3)cc2)C=C1. The van der Waals surface area contributed by atoms with E-state index in [-0.39, 0.29) is 5.92 Å². The predicted octanol–water partition coefficient (Wildman–Crippen LogP) is 9.38. The Morgan fingerprint density at radius 2 is 1.22 bits per heavy atom. The summed E-state index contributed by atoms with van der Waals surface area (Å²) in [6.45, 7) is 2.27. The molecule has 1 aliphatic carbocycles. The largest absolute Gasteiger partial charge is 0.197 e. The molecule has 0 heterocycles. The fourth-order valence-corrected chi connectivity index (χ4v) is 4.62. The molecule has 0 aliphatic heterocycles. The number of benzene rings is 2. The molecular weight excluding hydrogens is 386 g/mol. The molecule has 0 atom stereocenters. The minimum absolute atomic E-state index is 0.258. The Morgan fingerprint density at radius 1 is 0.688 bits per heavy atom. The van der Waals surface area contributed by atoms with Gasteiger partial charge in [0, 0.05) is 5.92 Å². The van der Waals surface area contributed by atoms with Crippen LogP contribution in [0.1, 0.15) is 89.0 Å². The summed E-state index contributed by atoms with van der Waals surface area (Å²) in [5.74, 6) is 0.258. The van der Waals surface area contributed by atoms with Crippen molar-refractivity contribution in [1.82, 2.24) is 0 Å². The first kappa shape index (κ1) is 24.1. The van der Waals surface area contributed by atoms with E-state index in [0.29, 0.717) is 0 Å². The maximum Gasteiger partial charge on any atom is 0.0934 e. The Kier molecular flexibility index (Phi) is 9.83. The van der Waals surface area contributed by atoms with Crippen LogP contribution in [-0.4, -0.2) is 0 Å². The quantitative estimate of drug-likeness (QED) is 0.231. The molecule has 32 heavy (non-hydrogen) atoms. The molecule has 0 radical (unpaired) electrons. The topological polar surface area (TPSA) is 23.8 Å². The molecule has 1 nitrogen and oxygen atoms in total. The zero-order valence-electron chi connectivity index (χ0n) is 19.8. The molecule has 0 bridgehead atoms. The van der Waals surface area contributed by atoms with E-state index >= 15 is 0 Å². The number of unbranched alkanes of at least 4 members (excludes halogenated alkanes) is 9. The normalized spacial score (nSPS) is 19.7. The van der Waals surface area contributed by atoms with E-state index in [1.807, 2.05) is 6.07 Å². The fraction of sp³-hybridized carbons (Fsp3) is 0.452. The number of hydrogen-bond acceptors (Lipinski definition) is 1. The summed E-state index contributed by atoms with van der Waals surface area (Å²) < 4.78 is 0. The van der Waals surface area contributed by atoms with Crippen molar-refractivity contribution < 1.29 is 0 Å². The molecule has 0 N–H and O–H groups in total. The number of hydrogen-bond donors (Lipinski definition) is 0. The molecule has 1 aliphatic rings. The van der Waals surface area contributed by atoms with E-state index < -0.39 is 5.41 Å². The van der Waals surface area contributed by atoms with Crippen LogP contribution < -0.4 is 0 Å². The van der Waals surface area contributed by atoms with Crippen molar-refractivity contribution in [2.45, 2.75) is 83.5 Å². The highest BCUT2D eigenvalue weighted by Gasteiger charge is 2.26. The van der Waals surface area contributed by atoms with Gasteiger partial charge in [-0.2, -0.15) is 5.26 Å². The first-order valence-corrected chi connectivity index (χ1v) is 12.7. The maximum absolute atomic E-state index is 9.85. The van der Waals surface area contributed by atoms with Crippen molar-refractivity contribution in [2.75, 3.05) is 0 Å². The zero-order valence-corrected chi connectivity index (χ0v) is 19.8. The van der Waals surface area contributed by atoms with Crippen molar-refractivity contribution >= 4 is 0 Å². The Labute approximate surface area is 195 Å². The molecule has 1 heteroatoms. The van der Waals surface area contributed by atoms with Gasteiger partial charge < -0.3 is 0 Å². The van der Waals surface area contributed by atoms with Gasteiger partial charge in [-0.1, -0.05) is 150 Å². The van der Waals surface area contributed by atoms with E-state index in [1.165, 1.54) is 74.5 Å². The Morgan fingerprint density at radius 3 is 1.78 bits per heavy atom. The van der Waals surface area contributed by atoms with Crippen LogP contribution in [0.15, 0.2) is 78.9 Å². The lowest BCUT2D eigenvalue weighted by Gasteiger charge is -2.24. The molecule has 0 amide bonds. The maximum atomic E-state index is 9.85. The Hall–Kier alpha value is -2.59. The van der Waals surface area contributed by atoms with E-state index in [9.17, 15) is 5.26 Å². The summed E-state index contributed by atoms with van der Waals surface area (Å²) in [6, 6.07) is 21.9. The average Bonchev–Trinajstić information content (AvgIpc) is 2.86. The molecule has 0 fully saturated rings. The average molecular weight is 426 g/mol. The van der Waals surface area contributed by atoms with E-state index in [2.05, 4.69) is 85.8 Å². The first-order valence-electron chi connectivity index (χ1n) is 12.7. The standard InChI is InChI=1S/C31H39N/c1-2-3-4-5-6-7-8-9-10-14-23-31(26-32)24-21-30(22-25-31)29-19-17-28(18-20-29)27-15-12-11-13-16-27/h11-13,15-22,24-25,30H,2-10,14,23H2,1H3. The van der Waals surface area contributed by atoms with Crippen LogP contribution in [0.4, 0.5) is 0 Å². The minimum Gasteiger partial charge on any atom is -0.197 e. The molecule has 2 aromatic rings. The van der Waals surface area contributed by atoms with Crippen LogP contribution in [0.2, 0.25) is 0 Å². The fourth-order valence-electron chi connectivity index (χ4n) is 4.62. The molecule has 0 aromatic heterocycles. The Balaban J connectivity index is 1.42. The first-order chi connectivity index (χ1) is 15.8. The van der Waals surface area contributed by atoms with Crippen LogP contribution in [0, 0.1) is 16.7 Å². The summed E-state index contributed by atoms with van der Waals surface area (Å²) in [5.41, 5.74) is 3.35. The van der Waals surface area contributed by atoms with Crippen molar-refractivity contribution in [1.29, 1.82) is 5.26 Å². The summed E-state index contributed by atoms with van der Waals surface area (Å²) in [4.78, 5) is 0. The minimum atomic E-state index is -0.416. The summed E-state index contributed by atoms with van der Waals surface area (Å²) in [5, 5.41) is 9.85. The van der Waals surface area contributed by atoms with Gasteiger partial charge in [0.25, 0.3) is 0 Å². The summed E-state index contributed by atoms with van der Waals surface area (Å²) in [6.07, 6.45) is 23.0. The third kappa shape index (κ3) is 7.23. The lowest BCUT2D eigenvalue weighted by Crippen LogP contribution is -2.16. The van der Waals surface area contributed by atoms with Crippen LogP contribution >= 0.6 is 0 Å². The van der Waals surface area contributed by atoms with Crippen molar-refractivity contribution in [2.24, 2.45) is 5.41 Å². The second-order valence-electron chi connectivity index (χ2n) is 9.32. The molecule has 0 spiro atoms. The van der Waals surface area contributed by atoms with Crippen LogP contribution in [0.25, 0.3) is 11.1 Å². The van der Waals surface area contributed by atoms with Gasteiger partial charge in [0.2, 0.25) is 0 Å². The van der Waals surface area contributed by atoms with Gasteiger partial charge in [-0.05, 0) is 23.1 Å². The lowest BCUT2D eigenvalue weighted by molar-refractivity contribution is 0.495. The van der Waals surface area contributed by atoms with Gasteiger partial charge in [0.15, 0.2) is 0 Å². The van der Waals surface area contributed by atoms with Crippen LogP contribution in [-0.2, 0) is 0 Å². The number of nitrogens with zero attached hydrogens (tertiary/aromatic N) is 1. The smallest absolute Gasteiger partial charge is 0.0934 e. The highest BCUT2D eigenvalue weighted by atomic mass is 14.4. The molecule has 0 saturated heterocycles. The highest BCUT2D eigenvalue weighted by molar-refractivity contribution is 5.63. The lowest BCUT2D eigenvalue weighted by atomic mass is 9.77. The van der Waals surface area contributed by atoms with Gasteiger partial charge in [0.1, 0.15) is 0 Å². The molecule has 2 aromatic carbocycles. The zero-order chi connectivity index (χ0) is 22.5. The Bertz CT molecular complexity index is 868. The van der Waals surface area contributed by atoms with Gasteiger partial charge >= 0.3 is 0 Å². The highest BCUT2D eigenvalue weighted by Crippen LogP contribution is 2.36. The molecule has 168 valence electrons. The van der Waals surface area contributed by atoms with E-state index in [4.69, 9.17) is 0 Å². The van der Waals surface area contributed by atoms with Gasteiger partial charge in [-0.25, -0.2) is 0 Å². The monoisotopic (exact) mass is 425 g/mol. The van der Waals surface area contributed by atoms with E-state index in [1.54, 1.807) is 0 Å². The molecule has 0 unspecified atom stereocenters.